The molecule has 0 heterocycles. The molecule has 0 aliphatic rings. The lowest BCUT2D eigenvalue weighted by molar-refractivity contribution is 0.550. The Morgan fingerprint density at radius 2 is 1.89 bits per heavy atom. The van der Waals surface area contributed by atoms with E-state index < -0.39 is 0 Å². The minimum absolute atomic E-state index is 0.471. The van der Waals surface area contributed by atoms with Gasteiger partial charge in [0.1, 0.15) is 0 Å². The molecule has 0 bridgehead atoms. The van der Waals surface area contributed by atoms with E-state index in [1.807, 2.05) is 7.05 Å². The highest BCUT2D eigenvalue weighted by Crippen LogP contribution is 2.21. The first-order chi connectivity index (χ1) is 9.24. The summed E-state index contributed by atoms with van der Waals surface area (Å²) < 4.78 is 0. The number of hydrogen-bond acceptors (Lipinski definition) is 1. The maximum Gasteiger partial charge on any atom is 0.0142 e. The van der Waals surface area contributed by atoms with Crippen LogP contribution < -0.4 is 5.32 Å². The van der Waals surface area contributed by atoms with Gasteiger partial charge in [-0.1, -0.05) is 61.5 Å². The summed E-state index contributed by atoms with van der Waals surface area (Å²) in [6, 6.07) is 15.6. The van der Waals surface area contributed by atoms with E-state index in [0.717, 1.165) is 19.3 Å². The van der Waals surface area contributed by atoms with Crippen molar-refractivity contribution in [2.45, 2.75) is 32.2 Å². The molecule has 2 rings (SSSR count). The van der Waals surface area contributed by atoms with Crippen LogP contribution >= 0.6 is 0 Å². The second-order valence-corrected chi connectivity index (χ2v) is 5.14. The molecule has 0 fully saturated rings. The molecule has 0 aliphatic carbocycles. The van der Waals surface area contributed by atoms with Crippen LogP contribution in [0.1, 0.15) is 25.3 Å². The number of nitrogens with one attached hydrogen (secondary N) is 1. The van der Waals surface area contributed by atoms with Gasteiger partial charge in [-0.2, -0.15) is 0 Å². The van der Waals surface area contributed by atoms with Gasteiger partial charge in [0, 0.05) is 6.04 Å². The van der Waals surface area contributed by atoms with Gasteiger partial charge < -0.3 is 5.32 Å². The zero-order valence-electron chi connectivity index (χ0n) is 11.9. The van der Waals surface area contributed by atoms with Gasteiger partial charge >= 0.3 is 0 Å². The molecule has 1 heteroatoms. The van der Waals surface area contributed by atoms with Crippen molar-refractivity contribution in [1.82, 2.24) is 5.32 Å². The maximum atomic E-state index is 4.12. The average molecular weight is 253 g/mol. The lowest BCUT2D eigenvalue weighted by Crippen LogP contribution is -2.28. The first-order valence-corrected chi connectivity index (χ1v) is 7.05. The molecule has 0 spiro atoms. The summed E-state index contributed by atoms with van der Waals surface area (Å²) in [7, 11) is 2.04. The Hall–Kier alpha value is -1.60. The Bertz CT molecular complexity index is 551. The van der Waals surface area contributed by atoms with Crippen molar-refractivity contribution in [1.29, 1.82) is 0 Å². The maximum absolute atomic E-state index is 4.12. The van der Waals surface area contributed by atoms with Gasteiger partial charge in [0.15, 0.2) is 0 Å². The topological polar surface area (TPSA) is 12.0 Å². The van der Waals surface area contributed by atoms with Gasteiger partial charge in [-0.25, -0.2) is 0 Å². The summed E-state index contributed by atoms with van der Waals surface area (Å²) in [4.78, 5) is 0. The van der Waals surface area contributed by atoms with E-state index in [4.69, 9.17) is 0 Å². The number of fused-ring (bicyclic) bond motifs is 1. The Kier molecular flexibility index (Phi) is 4.75. The fraction of sp³-hybridized carbons (Fsp3) is 0.333. The predicted molar refractivity (Wildman–Crippen MR) is 84.5 cm³/mol. The highest BCUT2D eigenvalue weighted by Gasteiger charge is 2.10. The monoisotopic (exact) mass is 253 g/mol. The fourth-order valence-electron chi connectivity index (χ4n) is 2.51. The van der Waals surface area contributed by atoms with E-state index in [2.05, 4.69) is 61.3 Å². The third kappa shape index (κ3) is 3.45. The molecule has 0 radical (unpaired) electrons. The summed E-state index contributed by atoms with van der Waals surface area (Å²) in [5.41, 5.74) is 2.74. The van der Waals surface area contributed by atoms with Crippen LogP contribution in [0.3, 0.4) is 0 Å². The molecular weight excluding hydrogens is 230 g/mol. The molecule has 100 valence electrons. The van der Waals surface area contributed by atoms with Crippen LogP contribution in [-0.2, 0) is 6.42 Å². The molecule has 0 amide bonds. The largest absolute Gasteiger partial charge is 0.316 e. The van der Waals surface area contributed by atoms with Crippen LogP contribution in [0.25, 0.3) is 10.8 Å². The molecular formula is C18H23N. The lowest BCUT2D eigenvalue weighted by atomic mass is 9.95. The standard InChI is InChI=1S/C18H23N/c1-4-14(2)12-17(19-3)13-16-10-7-9-15-8-5-6-11-18(15)16/h5-11,17,19H,2,4,12-13H2,1,3H3. The number of likely N-dealkylation sites (N-methyl/N-ethyl adjacent to an activating group) is 1. The molecule has 0 aliphatic heterocycles. The average Bonchev–Trinajstić information content (AvgIpc) is 2.46. The highest BCUT2D eigenvalue weighted by atomic mass is 14.9. The Balaban J connectivity index is 2.22. The SMILES string of the molecule is C=C(CC)CC(Cc1cccc2ccccc12)NC. The van der Waals surface area contributed by atoms with Crippen LogP contribution in [-0.4, -0.2) is 13.1 Å². The zero-order chi connectivity index (χ0) is 13.7. The molecule has 0 aromatic heterocycles. The highest BCUT2D eigenvalue weighted by molar-refractivity contribution is 5.85. The van der Waals surface area contributed by atoms with E-state index in [-0.39, 0.29) is 0 Å². The van der Waals surface area contributed by atoms with Crippen molar-refractivity contribution in [3.8, 4) is 0 Å². The molecule has 1 nitrogen and oxygen atoms in total. The van der Waals surface area contributed by atoms with E-state index in [1.165, 1.54) is 21.9 Å². The molecule has 2 aromatic rings. The van der Waals surface area contributed by atoms with Gasteiger partial charge in [-0.3, -0.25) is 0 Å². The smallest absolute Gasteiger partial charge is 0.0142 e. The van der Waals surface area contributed by atoms with Crippen LogP contribution in [0, 0.1) is 0 Å². The van der Waals surface area contributed by atoms with Crippen molar-refractivity contribution in [2.75, 3.05) is 7.05 Å². The Labute approximate surface area is 116 Å². The first-order valence-electron chi connectivity index (χ1n) is 7.05. The van der Waals surface area contributed by atoms with Crippen molar-refractivity contribution in [2.24, 2.45) is 0 Å². The molecule has 2 aromatic carbocycles. The van der Waals surface area contributed by atoms with Gasteiger partial charge in [0.2, 0.25) is 0 Å². The first kappa shape index (κ1) is 13.8. The number of rotatable bonds is 6. The van der Waals surface area contributed by atoms with Gasteiger partial charge in [-0.05, 0) is 42.6 Å². The van der Waals surface area contributed by atoms with Gasteiger partial charge in [0.05, 0.1) is 0 Å². The van der Waals surface area contributed by atoms with Crippen molar-refractivity contribution in [3.63, 3.8) is 0 Å². The van der Waals surface area contributed by atoms with Crippen molar-refractivity contribution in [3.05, 3.63) is 60.2 Å². The minimum atomic E-state index is 0.471. The molecule has 0 saturated heterocycles. The molecule has 0 saturated carbocycles. The van der Waals surface area contributed by atoms with E-state index in [0.29, 0.717) is 6.04 Å². The molecule has 1 atom stereocenters. The van der Waals surface area contributed by atoms with E-state index >= 15 is 0 Å². The second kappa shape index (κ2) is 6.53. The summed E-state index contributed by atoms with van der Waals surface area (Å²) in [6.07, 6.45) is 3.17. The third-order valence-electron chi connectivity index (χ3n) is 3.79. The molecule has 19 heavy (non-hydrogen) atoms. The fourth-order valence-corrected chi connectivity index (χ4v) is 2.51. The zero-order valence-corrected chi connectivity index (χ0v) is 11.9. The quantitative estimate of drug-likeness (QED) is 0.756. The van der Waals surface area contributed by atoms with Crippen molar-refractivity contribution < 1.29 is 0 Å². The lowest BCUT2D eigenvalue weighted by Gasteiger charge is -2.18. The van der Waals surface area contributed by atoms with Gasteiger partial charge in [-0.15, -0.1) is 0 Å². The van der Waals surface area contributed by atoms with E-state index in [9.17, 15) is 0 Å². The van der Waals surface area contributed by atoms with Crippen molar-refractivity contribution >= 4 is 10.8 Å². The van der Waals surface area contributed by atoms with Crippen LogP contribution in [0.5, 0.6) is 0 Å². The van der Waals surface area contributed by atoms with Crippen LogP contribution in [0.2, 0.25) is 0 Å². The predicted octanol–water partition coefficient (Wildman–Crippen LogP) is 4.33. The van der Waals surface area contributed by atoms with Crippen LogP contribution in [0.4, 0.5) is 0 Å². The summed E-state index contributed by atoms with van der Waals surface area (Å²) in [6.45, 7) is 6.30. The summed E-state index contributed by atoms with van der Waals surface area (Å²) >= 11 is 0. The second-order valence-electron chi connectivity index (χ2n) is 5.14. The van der Waals surface area contributed by atoms with E-state index in [1.54, 1.807) is 0 Å². The normalized spacial score (nSPS) is 12.5. The summed E-state index contributed by atoms with van der Waals surface area (Å²) in [5.74, 6) is 0. The Morgan fingerprint density at radius 1 is 1.16 bits per heavy atom. The summed E-state index contributed by atoms with van der Waals surface area (Å²) in [5, 5.41) is 6.11. The Morgan fingerprint density at radius 3 is 2.63 bits per heavy atom. The molecule has 1 unspecified atom stereocenters. The number of benzene rings is 2. The van der Waals surface area contributed by atoms with Gasteiger partial charge in [0.25, 0.3) is 0 Å². The van der Waals surface area contributed by atoms with Crippen LogP contribution in [0.15, 0.2) is 54.6 Å². The third-order valence-corrected chi connectivity index (χ3v) is 3.79. The number of hydrogen-bond donors (Lipinski definition) is 1. The molecule has 1 N–H and O–H groups in total. The minimum Gasteiger partial charge on any atom is -0.316 e.